The monoisotopic (exact) mass is 301 g/mol. The molecule has 3 rings (SSSR count). The van der Waals surface area contributed by atoms with Crippen LogP contribution in [0.5, 0.6) is 5.75 Å². The molecule has 5 heteroatoms. The maximum Gasteiger partial charge on any atom is 0.133 e. The first kappa shape index (κ1) is 15.1. The van der Waals surface area contributed by atoms with Crippen molar-refractivity contribution < 1.29 is 9.26 Å². The lowest BCUT2D eigenvalue weighted by molar-refractivity contribution is 0.120. The fraction of sp³-hybridized carbons (Fsp3) is 0.471. The standard InChI is InChI=1S/C17H23N3O2/c1-14-10-16(18-22-14)13-20-8-6-19(7-9-20)12-15-4-3-5-17(11-15)21-2/h3-5,10-11H,6-9,12-13H2,1-2H3. The van der Waals surface area contributed by atoms with Crippen LogP contribution in [0.4, 0.5) is 0 Å². The number of methoxy groups -OCH3 is 1. The van der Waals surface area contributed by atoms with E-state index in [0.717, 1.165) is 56.5 Å². The third kappa shape index (κ3) is 3.87. The maximum atomic E-state index is 5.29. The van der Waals surface area contributed by atoms with E-state index in [1.54, 1.807) is 7.11 Å². The second-order valence-electron chi connectivity index (χ2n) is 5.83. The average Bonchev–Trinajstić information content (AvgIpc) is 2.94. The summed E-state index contributed by atoms with van der Waals surface area (Å²) in [6.07, 6.45) is 0. The van der Waals surface area contributed by atoms with E-state index in [2.05, 4.69) is 33.2 Å². The molecule has 5 nitrogen and oxygen atoms in total. The third-order valence-electron chi connectivity index (χ3n) is 4.07. The van der Waals surface area contributed by atoms with Gasteiger partial charge in [0.25, 0.3) is 0 Å². The lowest BCUT2D eigenvalue weighted by atomic mass is 10.2. The molecule has 118 valence electrons. The zero-order valence-electron chi connectivity index (χ0n) is 13.3. The van der Waals surface area contributed by atoms with Gasteiger partial charge in [0.1, 0.15) is 11.5 Å². The Morgan fingerprint density at radius 3 is 2.45 bits per heavy atom. The Morgan fingerprint density at radius 2 is 1.82 bits per heavy atom. The number of ether oxygens (including phenoxy) is 1. The molecular formula is C17H23N3O2. The first-order valence-electron chi connectivity index (χ1n) is 7.73. The number of piperazine rings is 1. The van der Waals surface area contributed by atoms with Crippen LogP contribution in [0.2, 0.25) is 0 Å². The second kappa shape index (κ2) is 6.94. The van der Waals surface area contributed by atoms with Crippen molar-refractivity contribution >= 4 is 0 Å². The van der Waals surface area contributed by atoms with Gasteiger partial charge in [-0.1, -0.05) is 17.3 Å². The van der Waals surface area contributed by atoms with Gasteiger partial charge in [-0.15, -0.1) is 0 Å². The summed E-state index contributed by atoms with van der Waals surface area (Å²) in [6.45, 7) is 8.08. The van der Waals surface area contributed by atoms with Crippen molar-refractivity contribution in [1.82, 2.24) is 15.0 Å². The Kier molecular flexibility index (Phi) is 4.75. The normalized spacial score (nSPS) is 16.8. The molecule has 2 aromatic rings. The van der Waals surface area contributed by atoms with E-state index in [1.165, 1.54) is 5.56 Å². The minimum Gasteiger partial charge on any atom is -0.497 e. The van der Waals surface area contributed by atoms with Gasteiger partial charge in [-0.25, -0.2) is 0 Å². The molecular weight excluding hydrogens is 278 g/mol. The van der Waals surface area contributed by atoms with Crippen molar-refractivity contribution in [3.05, 3.63) is 47.3 Å². The molecule has 1 fully saturated rings. The topological polar surface area (TPSA) is 41.7 Å². The van der Waals surface area contributed by atoms with Gasteiger partial charge in [0.2, 0.25) is 0 Å². The van der Waals surface area contributed by atoms with E-state index >= 15 is 0 Å². The largest absolute Gasteiger partial charge is 0.497 e. The summed E-state index contributed by atoms with van der Waals surface area (Å²) in [4.78, 5) is 4.92. The summed E-state index contributed by atoms with van der Waals surface area (Å²) >= 11 is 0. The van der Waals surface area contributed by atoms with Crippen LogP contribution in [-0.2, 0) is 13.1 Å². The molecule has 0 aliphatic carbocycles. The predicted molar refractivity (Wildman–Crippen MR) is 84.8 cm³/mol. The molecule has 0 spiro atoms. The average molecular weight is 301 g/mol. The van der Waals surface area contributed by atoms with Crippen LogP contribution in [0.25, 0.3) is 0 Å². The molecule has 0 radical (unpaired) electrons. The summed E-state index contributed by atoms with van der Waals surface area (Å²) in [5, 5.41) is 4.07. The summed E-state index contributed by atoms with van der Waals surface area (Å²) in [5.74, 6) is 1.81. The number of nitrogens with zero attached hydrogens (tertiary/aromatic N) is 3. The van der Waals surface area contributed by atoms with Crippen molar-refractivity contribution in [1.29, 1.82) is 0 Å². The molecule has 1 aromatic carbocycles. The van der Waals surface area contributed by atoms with E-state index in [0.29, 0.717) is 0 Å². The molecule has 1 aromatic heterocycles. The summed E-state index contributed by atoms with van der Waals surface area (Å²) in [7, 11) is 1.71. The van der Waals surface area contributed by atoms with Crippen molar-refractivity contribution in [2.45, 2.75) is 20.0 Å². The van der Waals surface area contributed by atoms with Crippen LogP contribution in [0.1, 0.15) is 17.0 Å². The van der Waals surface area contributed by atoms with Gasteiger partial charge in [-0.3, -0.25) is 9.80 Å². The highest BCUT2D eigenvalue weighted by Crippen LogP contribution is 2.16. The van der Waals surface area contributed by atoms with Crippen molar-refractivity contribution in [2.75, 3.05) is 33.3 Å². The van der Waals surface area contributed by atoms with Crippen LogP contribution >= 0.6 is 0 Å². The Balaban J connectivity index is 1.49. The van der Waals surface area contributed by atoms with Gasteiger partial charge in [0.15, 0.2) is 0 Å². The number of aryl methyl sites for hydroxylation is 1. The highest BCUT2D eigenvalue weighted by Gasteiger charge is 2.18. The third-order valence-corrected chi connectivity index (χ3v) is 4.07. The first-order chi connectivity index (χ1) is 10.7. The molecule has 0 atom stereocenters. The minimum absolute atomic E-state index is 0.879. The fourth-order valence-corrected chi connectivity index (χ4v) is 2.86. The summed E-state index contributed by atoms with van der Waals surface area (Å²) in [6, 6.07) is 10.3. The van der Waals surface area contributed by atoms with E-state index in [1.807, 2.05) is 19.1 Å². The lowest BCUT2D eigenvalue weighted by Gasteiger charge is -2.34. The van der Waals surface area contributed by atoms with Gasteiger partial charge in [-0.2, -0.15) is 0 Å². The summed E-state index contributed by atoms with van der Waals surface area (Å²) < 4.78 is 10.4. The Hall–Kier alpha value is -1.85. The van der Waals surface area contributed by atoms with Crippen LogP contribution < -0.4 is 4.74 Å². The second-order valence-corrected chi connectivity index (χ2v) is 5.83. The molecule has 1 saturated heterocycles. The van der Waals surface area contributed by atoms with Crippen molar-refractivity contribution in [2.24, 2.45) is 0 Å². The highest BCUT2D eigenvalue weighted by molar-refractivity contribution is 5.28. The van der Waals surface area contributed by atoms with E-state index < -0.39 is 0 Å². The zero-order valence-corrected chi connectivity index (χ0v) is 13.3. The lowest BCUT2D eigenvalue weighted by Crippen LogP contribution is -2.45. The Morgan fingerprint density at radius 1 is 1.09 bits per heavy atom. The quantitative estimate of drug-likeness (QED) is 0.848. The number of rotatable bonds is 5. The van der Waals surface area contributed by atoms with Gasteiger partial charge in [0, 0.05) is 45.3 Å². The van der Waals surface area contributed by atoms with Gasteiger partial charge in [-0.05, 0) is 24.6 Å². The van der Waals surface area contributed by atoms with Crippen LogP contribution in [-0.4, -0.2) is 48.2 Å². The molecule has 0 unspecified atom stereocenters. The molecule has 0 saturated carbocycles. The molecule has 22 heavy (non-hydrogen) atoms. The van der Waals surface area contributed by atoms with E-state index in [-0.39, 0.29) is 0 Å². The van der Waals surface area contributed by atoms with E-state index in [9.17, 15) is 0 Å². The summed E-state index contributed by atoms with van der Waals surface area (Å²) in [5.41, 5.74) is 2.33. The molecule has 1 aliphatic heterocycles. The van der Waals surface area contributed by atoms with Gasteiger partial charge >= 0.3 is 0 Å². The SMILES string of the molecule is COc1cccc(CN2CCN(Cc3cc(C)on3)CC2)c1. The van der Waals surface area contributed by atoms with Crippen LogP contribution in [0.3, 0.4) is 0 Å². The van der Waals surface area contributed by atoms with E-state index in [4.69, 9.17) is 9.26 Å². The number of hydrogen-bond acceptors (Lipinski definition) is 5. The van der Waals surface area contributed by atoms with Crippen molar-refractivity contribution in [3.63, 3.8) is 0 Å². The first-order valence-corrected chi connectivity index (χ1v) is 7.73. The minimum atomic E-state index is 0.879. The van der Waals surface area contributed by atoms with Crippen LogP contribution in [0, 0.1) is 6.92 Å². The fourth-order valence-electron chi connectivity index (χ4n) is 2.86. The Labute approximate surface area is 131 Å². The van der Waals surface area contributed by atoms with Gasteiger partial charge in [0.05, 0.1) is 12.8 Å². The molecule has 2 heterocycles. The number of benzene rings is 1. The highest BCUT2D eigenvalue weighted by atomic mass is 16.5. The molecule has 1 aliphatic rings. The number of aromatic nitrogens is 1. The van der Waals surface area contributed by atoms with Gasteiger partial charge < -0.3 is 9.26 Å². The smallest absolute Gasteiger partial charge is 0.133 e. The zero-order chi connectivity index (χ0) is 15.4. The Bertz CT molecular complexity index is 603. The maximum absolute atomic E-state index is 5.29. The molecule has 0 N–H and O–H groups in total. The predicted octanol–water partition coefficient (Wildman–Crippen LogP) is 2.31. The van der Waals surface area contributed by atoms with Crippen molar-refractivity contribution in [3.8, 4) is 5.75 Å². The molecule has 0 bridgehead atoms. The molecule has 0 amide bonds. The van der Waals surface area contributed by atoms with Crippen LogP contribution in [0.15, 0.2) is 34.9 Å². The number of hydrogen-bond donors (Lipinski definition) is 0.